The van der Waals surface area contributed by atoms with E-state index in [1.807, 2.05) is 0 Å². The minimum atomic E-state index is 0.107. The summed E-state index contributed by atoms with van der Waals surface area (Å²) in [4.78, 5) is 15.7. The summed E-state index contributed by atoms with van der Waals surface area (Å²) in [5.74, 6) is 0.744. The van der Waals surface area contributed by atoms with Crippen LogP contribution in [0.2, 0.25) is 0 Å². The molecule has 102 valence electrons. The number of amides is 1. The molecule has 0 radical (unpaired) electrons. The molecule has 5 nitrogen and oxygen atoms in total. The molecule has 1 aliphatic heterocycles. The summed E-state index contributed by atoms with van der Waals surface area (Å²) < 4.78 is 5.16. The molecule has 0 unspecified atom stereocenters. The van der Waals surface area contributed by atoms with Gasteiger partial charge in [-0.25, -0.2) is 0 Å². The molecule has 1 aliphatic rings. The summed E-state index contributed by atoms with van der Waals surface area (Å²) in [5.41, 5.74) is 0. The molecule has 0 aliphatic carbocycles. The minimum Gasteiger partial charge on any atom is -0.384 e. The van der Waals surface area contributed by atoms with Crippen LogP contribution in [-0.2, 0) is 9.53 Å². The molecule has 1 heterocycles. The number of nitrogens with zero attached hydrogens (tertiary/aromatic N) is 3. The zero-order valence-corrected chi connectivity index (χ0v) is 11.4. The van der Waals surface area contributed by atoms with Gasteiger partial charge in [0.25, 0.3) is 0 Å². The largest absolute Gasteiger partial charge is 0.384 e. The van der Waals surface area contributed by atoms with Gasteiger partial charge in [0.2, 0.25) is 5.91 Å². The normalized spacial score (nSPS) is 17.4. The van der Waals surface area contributed by atoms with Crippen LogP contribution >= 0.6 is 0 Å². The molecule has 0 aromatic heterocycles. The first-order chi connectivity index (χ1) is 8.67. The Morgan fingerprint density at radius 2 is 2.17 bits per heavy atom. The Kier molecular flexibility index (Phi) is 6.69. The molecule has 0 N–H and O–H groups in total. The monoisotopic (exact) mass is 253 g/mol. The van der Waals surface area contributed by atoms with E-state index in [-0.39, 0.29) is 5.91 Å². The number of piperidine rings is 1. The lowest BCUT2D eigenvalue weighted by Crippen LogP contribution is -2.42. The molecule has 5 heteroatoms. The fourth-order valence-corrected chi connectivity index (χ4v) is 2.20. The number of carbonyl (C=O) groups excluding carboxylic acids is 1. The summed E-state index contributed by atoms with van der Waals surface area (Å²) >= 11 is 0. The number of carbonyl (C=O) groups is 1. The van der Waals surface area contributed by atoms with Crippen LogP contribution in [0.1, 0.15) is 19.3 Å². The van der Waals surface area contributed by atoms with Crippen LogP contribution in [0.15, 0.2) is 0 Å². The van der Waals surface area contributed by atoms with Crippen LogP contribution in [0, 0.1) is 17.2 Å². The van der Waals surface area contributed by atoms with E-state index in [9.17, 15) is 4.79 Å². The first-order valence-electron chi connectivity index (χ1n) is 6.49. The highest BCUT2D eigenvalue weighted by atomic mass is 16.5. The molecule has 1 amide bonds. The first-order valence-corrected chi connectivity index (χ1v) is 6.49. The summed E-state index contributed by atoms with van der Waals surface area (Å²) in [6, 6.07) is 2.06. The number of hydrogen-bond donors (Lipinski definition) is 0. The van der Waals surface area contributed by atoms with Gasteiger partial charge in [0, 0.05) is 27.3 Å². The van der Waals surface area contributed by atoms with Crippen LogP contribution in [0.5, 0.6) is 0 Å². The van der Waals surface area contributed by atoms with Gasteiger partial charge < -0.3 is 9.64 Å². The lowest BCUT2D eigenvalue weighted by atomic mass is 9.98. The highest BCUT2D eigenvalue weighted by Gasteiger charge is 2.21. The summed E-state index contributed by atoms with van der Waals surface area (Å²) in [6.45, 7) is 3.75. The average Bonchev–Trinajstić information content (AvgIpc) is 2.38. The van der Waals surface area contributed by atoms with Crippen molar-refractivity contribution < 1.29 is 9.53 Å². The van der Waals surface area contributed by atoms with Crippen molar-refractivity contribution in [3.05, 3.63) is 0 Å². The standard InChI is InChI=1S/C13H23N3O2/c1-15(7-3-6-14)13(17)10-16-8-4-12(5-9-16)11-18-2/h12H,3-5,7-11H2,1-2H3. The van der Waals surface area contributed by atoms with E-state index in [2.05, 4.69) is 11.0 Å². The average molecular weight is 253 g/mol. The highest BCUT2D eigenvalue weighted by molar-refractivity contribution is 5.78. The lowest BCUT2D eigenvalue weighted by molar-refractivity contribution is -0.131. The summed E-state index contributed by atoms with van der Waals surface area (Å²) in [6.07, 6.45) is 2.60. The van der Waals surface area contributed by atoms with Gasteiger partial charge in [0.05, 0.1) is 19.0 Å². The van der Waals surface area contributed by atoms with E-state index in [1.165, 1.54) is 0 Å². The van der Waals surface area contributed by atoms with E-state index < -0.39 is 0 Å². The van der Waals surface area contributed by atoms with Gasteiger partial charge in [0.1, 0.15) is 0 Å². The van der Waals surface area contributed by atoms with Crippen LogP contribution in [0.4, 0.5) is 0 Å². The fraction of sp³-hybridized carbons (Fsp3) is 0.846. The third-order valence-corrected chi connectivity index (χ3v) is 3.45. The van der Waals surface area contributed by atoms with Gasteiger partial charge in [-0.15, -0.1) is 0 Å². The molecule has 1 rings (SSSR count). The molecule has 1 fully saturated rings. The van der Waals surface area contributed by atoms with E-state index in [0.29, 0.717) is 25.4 Å². The Morgan fingerprint density at radius 1 is 1.50 bits per heavy atom. The van der Waals surface area contributed by atoms with Gasteiger partial charge in [-0.2, -0.15) is 5.26 Å². The summed E-state index contributed by atoms with van der Waals surface area (Å²) in [7, 11) is 3.50. The van der Waals surface area contributed by atoms with Crippen LogP contribution in [-0.4, -0.2) is 62.7 Å². The Hall–Kier alpha value is -1.12. The number of likely N-dealkylation sites (N-methyl/N-ethyl adjacent to an activating group) is 1. The quantitative estimate of drug-likeness (QED) is 0.700. The zero-order chi connectivity index (χ0) is 13.4. The molecule has 18 heavy (non-hydrogen) atoms. The van der Waals surface area contributed by atoms with Crippen molar-refractivity contribution in [3.63, 3.8) is 0 Å². The van der Waals surface area contributed by atoms with Crippen molar-refractivity contribution in [1.82, 2.24) is 9.80 Å². The molecule has 0 saturated carbocycles. The Labute approximate surface area is 109 Å². The number of likely N-dealkylation sites (tertiary alicyclic amines) is 1. The number of methoxy groups -OCH3 is 1. The van der Waals surface area contributed by atoms with Gasteiger partial charge in [-0.1, -0.05) is 0 Å². The van der Waals surface area contributed by atoms with Gasteiger partial charge in [-0.05, 0) is 31.8 Å². The van der Waals surface area contributed by atoms with Crippen LogP contribution in [0.3, 0.4) is 0 Å². The maximum atomic E-state index is 11.9. The highest BCUT2D eigenvalue weighted by Crippen LogP contribution is 2.17. The molecular formula is C13H23N3O2. The maximum absolute atomic E-state index is 11.9. The first kappa shape index (κ1) is 14.9. The molecular weight excluding hydrogens is 230 g/mol. The number of hydrogen-bond acceptors (Lipinski definition) is 4. The number of nitriles is 1. The Bertz CT molecular complexity index is 293. The van der Waals surface area contributed by atoms with Gasteiger partial charge in [0.15, 0.2) is 0 Å². The Morgan fingerprint density at radius 3 is 2.72 bits per heavy atom. The lowest BCUT2D eigenvalue weighted by Gasteiger charge is -2.32. The van der Waals surface area contributed by atoms with E-state index in [1.54, 1.807) is 19.1 Å². The molecule has 0 aromatic rings. The second-order valence-corrected chi connectivity index (χ2v) is 4.90. The number of rotatable bonds is 6. The fourth-order valence-electron chi connectivity index (χ4n) is 2.20. The molecule has 0 spiro atoms. The van der Waals surface area contributed by atoms with E-state index in [0.717, 1.165) is 32.5 Å². The number of ether oxygens (including phenoxy) is 1. The Balaban J connectivity index is 2.24. The zero-order valence-electron chi connectivity index (χ0n) is 11.4. The smallest absolute Gasteiger partial charge is 0.236 e. The van der Waals surface area contributed by atoms with Crippen molar-refractivity contribution in [3.8, 4) is 6.07 Å². The van der Waals surface area contributed by atoms with Crippen molar-refractivity contribution >= 4 is 5.91 Å². The molecule has 0 aromatic carbocycles. The van der Waals surface area contributed by atoms with Crippen molar-refractivity contribution in [1.29, 1.82) is 5.26 Å². The molecule has 0 bridgehead atoms. The SMILES string of the molecule is COCC1CCN(CC(=O)N(C)CCC#N)CC1. The van der Waals surface area contributed by atoms with Gasteiger partial charge >= 0.3 is 0 Å². The second-order valence-electron chi connectivity index (χ2n) is 4.90. The van der Waals surface area contributed by atoms with Crippen molar-refractivity contribution in [2.75, 3.05) is 46.9 Å². The second kappa shape index (κ2) is 8.06. The maximum Gasteiger partial charge on any atom is 0.236 e. The minimum absolute atomic E-state index is 0.107. The predicted molar refractivity (Wildman–Crippen MR) is 68.9 cm³/mol. The van der Waals surface area contributed by atoms with E-state index in [4.69, 9.17) is 10.00 Å². The van der Waals surface area contributed by atoms with Gasteiger partial charge in [-0.3, -0.25) is 9.69 Å². The topological polar surface area (TPSA) is 56.6 Å². The van der Waals surface area contributed by atoms with E-state index >= 15 is 0 Å². The van der Waals surface area contributed by atoms with Crippen LogP contribution in [0.25, 0.3) is 0 Å². The van der Waals surface area contributed by atoms with Crippen molar-refractivity contribution in [2.45, 2.75) is 19.3 Å². The van der Waals surface area contributed by atoms with Crippen LogP contribution < -0.4 is 0 Å². The predicted octanol–water partition coefficient (Wildman–Crippen LogP) is 0.717. The van der Waals surface area contributed by atoms with Crippen molar-refractivity contribution in [2.24, 2.45) is 5.92 Å². The summed E-state index contributed by atoms with van der Waals surface area (Å²) in [5, 5.41) is 8.49. The third kappa shape index (κ3) is 5.03. The molecule has 1 saturated heterocycles. The molecule has 0 atom stereocenters. The third-order valence-electron chi connectivity index (χ3n) is 3.45.